The van der Waals surface area contributed by atoms with Gasteiger partial charge in [-0.15, -0.1) is 0 Å². The lowest BCUT2D eigenvalue weighted by Crippen LogP contribution is -2.41. The number of nitrogens with zero attached hydrogens (tertiary/aromatic N) is 2. The first-order valence-corrected chi connectivity index (χ1v) is 7.61. The number of hydrogen-bond donors (Lipinski definition) is 1. The Bertz CT molecular complexity index is 438. The summed E-state index contributed by atoms with van der Waals surface area (Å²) >= 11 is 6.30. The molecule has 0 aromatic carbocycles. The molecule has 20 heavy (non-hydrogen) atoms. The third-order valence-corrected chi connectivity index (χ3v) is 3.90. The topological polar surface area (TPSA) is 47.3 Å². The van der Waals surface area contributed by atoms with Crippen molar-refractivity contribution in [3.63, 3.8) is 0 Å². The molecule has 0 spiro atoms. The molecular formula is C15H27ClN2O2. The lowest BCUT2D eigenvalue weighted by Gasteiger charge is -2.34. The Labute approximate surface area is 127 Å². The standard InChI is InChI=1S/C15H27ClN2O2/c1-7-18-11(13(16)10(3)17-18)9-12(19)14(20-8-2)15(4,5)6/h12,14,19H,7-9H2,1-6H3. The minimum atomic E-state index is -0.603. The molecule has 1 rings (SSSR count). The zero-order valence-electron chi connectivity index (χ0n) is 13.4. The fraction of sp³-hybridized carbons (Fsp3) is 0.800. The number of ether oxygens (including phenoxy) is 1. The highest BCUT2D eigenvalue weighted by Crippen LogP contribution is 2.29. The summed E-state index contributed by atoms with van der Waals surface area (Å²) < 4.78 is 7.59. The molecule has 0 aliphatic carbocycles. The largest absolute Gasteiger partial charge is 0.390 e. The van der Waals surface area contributed by atoms with Gasteiger partial charge in [0.15, 0.2) is 0 Å². The smallest absolute Gasteiger partial charge is 0.0885 e. The van der Waals surface area contributed by atoms with Crippen molar-refractivity contribution in [3.8, 4) is 0 Å². The SMILES string of the molecule is CCOC(C(O)Cc1c(Cl)c(C)nn1CC)C(C)(C)C. The Kier molecular flexibility index (Phi) is 6.05. The molecule has 5 heteroatoms. The lowest BCUT2D eigenvalue weighted by atomic mass is 9.84. The molecule has 1 aromatic heterocycles. The molecule has 0 saturated heterocycles. The molecule has 1 N–H and O–H groups in total. The van der Waals surface area contributed by atoms with Crippen LogP contribution in [0.25, 0.3) is 0 Å². The van der Waals surface area contributed by atoms with Crippen molar-refractivity contribution in [2.45, 2.75) is 66.7 Å². The molecule has 0 aliphatic heterocycles. The number of halogens is 1. The number of rotatable bonds is 6. The van der Waals surface area contributed by atoms with Crippen LogP contribution in [0.15, 0.2) is 0 Å². The van der Waals surface area contributed by atoms with E-state index in [0.29, 0.717) is 18.1 Å². The van der Waals surface area contributed by atoms with Gasteiger partial charge < -0.3 is 9.84 Å². The molecule has 0 saturated carbocycles. The van der Waals surface area contributed by atoms with Crippen LogP contribution in [0.2, 0.25) is 5.02 Å². The third kappa shape index (κ3) is 3.96. The van der Waals surface area contributed by atoms with Crippen LogP contribution in [0.4, 0.5) is 0 Å². The Morgan fingerprint density at radius 3 is 2.40 bits per heavy atom. The summed E-state index contributed by atoms with van der Waals surface area (Å²) in [5, 5.41) is 15.6. The minimum absolute atomic E-state index is 0.131. The predicted molar refractivity (Wildman–Crippen MR) is 82.2 cm³/mol. The first kappa shape index (κ1) is 17.5. The molecule has 2 atom stereocenters. The van der Waals surface area contributed by atoms with Crippen LogP contribution in [-0.4, -0.2) is 33.7 Å². The zero-order chi connectivity index (χ0) is 15.5. The highest BCUT2D eigenvalue weighted by molar-refractivity contribution is 6.31. The minimum Gasteiger partial charge on any atom is -0.390 e. The van der Waals surface area contributed by atoms with Gasteiger partial charge in [0.25, 0.3) is 0 Å². The second-order valence-corrected chi connectivity index (χ2v) is 6.55. The van der Waals surface area contributed by atoms with Crippen LogP contribution in [0.5, 0.6) is 0 Å². The number of aromatic nitrogens is 2. The van der Waals surface area contributed by atoms with Crippen molar-refractivity contribution < 1.29 is 9.84 Å². The van der Waals surface area contributed by atoms with E-state index in [9.17, 15) is 5.11 Å². The van der Waals surface area contributed by atoms with E-state index in [4.69, 9.17) is 16.3 Å². The Morgan fingerprint density at radius 2 is 1.95 bits per heavy atom. The zero-order valence-corrected chi connectivity index (χ0v) is 14.2. The summed E-state index contributed by atoms with van der Waals surface area (Å²) in [6.45, 7) is 13.4. The summed E-state index contributed by atoms with van der Waals surface area (Å²) in [5.41, 5.74) is 1.56. The van der Waals surface area contributed by atoms with Gasteiger partial charge in [-0.05, 0) is 26.2 Å². The molecular weight excluding hydrogens is 276 g/mol. The van der Waals surface area contributed by atoms with Gasteiger partial charge in [-0.1, -0.05) is 32.4 Å². The van der Waals surface area contributed by atoms with Crippen molar-refractivity contribution in [2.75, 3.05) is 6.61 Å². The van der Waals surface area contributed by atoms with Crippen molar-refractivity contribution in [1.82, 2.24) is 9.78 Å². The number of aliphatic hydroxyl groups excluding tert-OH is 1. The van der Waals surface area contributed by atoms with Gasteiger partial charge in [-0.25, -0.2) is 0 Å². The van der Waals surface area contributed by atoms with Gasteiger partial charge in [0.05, 0.1) is 28.6 Å². The van der Waals surface area contributed by atoms with Gasteiger partial charge in [0.1, 0.15) is 0 Å². The maximum absolute atomic E-state index is 10.6. The highest BCUT2D eigenvalue weighted by atomic mass is 35.5. The van der Waals surface area contributed by atoms with Crippen molar-refractivity contribution in [3.05, 3.63) is 16.4 Å². The highest BCUT2D eigenvalue weighted by Gasteiger charge is 2.33. The Morgan fingerprint density at radius 1 is 1.35 bits per heavy atom. The molecule has 0 amide bonds. The van der Waals surface area contributed by atoms with E-state index in [1.54, 1.807) is 0 Å². The summed E-state index contributed by atoms with van der Waals surface area (Å²) in [7, 11) is 0. The molecule has 0 aliphatic rings. The number of hydrogen-bond acceptors (Lipinski definition) is 3. The summed E-state index contributed by atoms with van der Waals surface area (Å²) in [6.07, 6.45) is -0.381. The van der Waals surface area contributed by atoms with E-state index in [2.05, 4.69) is 25.9 Å². The van der Waals surface area contributed by atoms with E-state index in [1.165, 1.54) is 0 Å². The van der Waals surface area contributed by atoms with E-state index >= 15 is 0 Å². The first-order valence-electron chi connectivity index (χ1n) is 7.23. The van der Waals surface area contributed by atoms with Crippen molar-refractivity contribution >= 4 is 11.6 Å². The van der Waals surface area contributed by atoms with Gasteiger partial charge in [-0.3, -0.25) is 4.68 Å². The van der Waals surface area contributed by atoms with Crippen molar-refractivity contribution in [1.29, 1.82) is 0 Å². The molecule has 1 heterocycles. The second kappa shape index (κ2) is 6.92. The maximum Gasteiger partial charge on any atom is 0.0885 e. The number of aryl methyl sites for hydroxylation is 2. The molecule has 116 valence electrons. The van der Waals surface area contributed by atoms with Crippen LogP contribution < -0.4 is 0 Å². The monoisotopic (exact) mass is 302 g/mol. The first-order chi connectivity index (χ1) is 9.22. The van der Waals surface area contributed by atoms with Crippen LogP contribution in [0.1, 0.15) is 46.0 Å². The van der Waals surface area contributed by atoms with Gasteiger partial charge in [0, 0.05) is 19.6 Å². The lowest BCUT2D eigenvalue weighted by molar-refractivity contribution is -0.0878. The van der Waals surface area contributed by atoms with Gasteiger partial charge in [0.2, 0.25) is 0 Å². The second-order valence-electron chi connectivity index (χ2n) is 6.18. The number of aliphatic hydroxyl groups is 1. The van der Waals surface area contributed by atoms with E-state index in [1.807, 2.05) is 25.5 Å². The Hall–Kier alpha value is -0.580. The van der Waals surface area contributed by atoms with Crippen LogP contribution in [-0.2, 0) is 17.7 Å². The molecule has 0 bridgehead atoms. The molecule has 2 unspecified atom stereocenters. The normalized spacial score (nSPS) is 15.4. The van der Waals surface area contributed by atoms with Gasteiger partial charge >= 0.3 is 0 Å². The van der Waals surface area contributed by atoms with Crippen LogP contribution in [0.3, 0.4) is 0 Å². The fourth-order valence-electron chi connectivity index (χ4n) is 2.49. The molecule has 1 aromatic rings. The molecule has 0 fully saturated rings. The van der Waals surface area contributed by atoms with Crippen LogP contribution >= 0.6 is 11.6 Å². The fourth-order valence-corrected chi connectivity index (χ4v) is 2.70. The van der Waals surface area contributed by atoms with E-state index < -0.39 is 6.10 Å². The van der Waals surface area contributed by atoms with Crippen LogP contribution in [0, 0.1) is 12.3 Å². The molecule has 0 radical (unpaired) electrons. The quantitative estimate of drug-likeness (QED) is 0.877. The van der Waals surface area contributed by atoms with Gasteiger partial charge in [-0.2, -0.15) is 5.10 Å². The Balaban J connectivity index is 2.96. The summed E-state index contributed by atoms with van der Waals surface area (Å²) in [4.78, 5) is 0. The van der Waals surface area contributed by atoms with Crippen molar-refractivity contribution in [2.24, 2.45) is 5.41 Å². The summed E-state index contributed by atoms with van der Waals surface area (Å²) in [5.74, 6) is 0. The third-order valence-electron chi connectivity index (χ3n) is 3.40. The molecule has 4 nitrogen and oxygen atoms in total. The predicted octanol–water partition coefficient (Wildman–Crippen LogP) is 3.22. The maximum atomic E-state index is 10.6. The average molecular weight is 303 g/mol. The average Bonchev–Trinajstić information content (AvgIpc) is 2.62. The van der Waals surface area contributed by atoms with E-state index in [0.717, 1.165) is 17.9 Å². The van der Waals surface area contributed by atoms with E-state index in [-0.39, 0.29) is 11.5 Å². The summed E-state index contributed by atoms with van der Waals surface area (Å²) in [6, 6.07) is 0.